The van der Waals surface area contributed by atoms with E-state index < -0.39 is 10.7 Å². The molecule has 5 heteroatoms. The summed E-state index contributed by atoms with van der Waals surface area (Å²) in [5.74, 6) is -0.602. The summed E-state index contributed by atoms with van der Waals surface area (Å²) in [5, 5.41) is 13.5. The second kappa shape index (κ2) is 4.69. The van der Waals surface area contributed by atoms with Crippen LogP contribution in [-0.2, 0) is 0 Å². The summed E-state index contributed by atoms with van der Waals surface area (Å²) >= 11 is 0. The number of hydrogen-bond acceptors (Lipinski definition) is 3. The quantitative estimate of drug-likeness (QED) is 0.649. The summed E-state index contributed by atoms with van der Waals surface area (Å²) in [4.78, 5) is 9.85. The Balaban J connectivity index is 2.90. The molecule has 0 heterocycles. The van der Waals surface area contributed by atoms with Crippen LogP contribution in [0.25, 0.3) is 0 Å². The van der Waals surface area contributed by atoms with E-state index in [4.69, 9.17) is 0 Å². The van der Waals surface area contributed by atoms with Crippen LogP contribution < -0.4 is 5.32 Å². The van der Waals surface area contributed by atoms with E-state index in [1.54, 1.807) is 0 Å². The molecule has 1 N–H and O–H groups in total. The molecule has 4 nitrogen and oxygen atoms in total. The van der Waals surface area contributed by atoms with Crippen molar-refractivity contribution in [1.29, 1.82) is 0 Å². The zero-order valence-electron chi connectivity index (χ0n) is 10.5. The smallest absolute Gasteiger partial charge is 0.272 e. The van der Waals surface area contributed by atoms with Gasteiger partial charge in [0.2, 0.25) is 0 Å². The minimum Gasteiger partial charge on any atom is -0.380 e. The van der Waals surface area contributed by atoms with Gasteiger partial charge in [-0.2, -0.15) is 0 Å². The van der Waals surface area contributed by atoms with E-state index in [-0.39, 0.29) is 22.8 Å². The van der Waals surface area contributed by atoms with Crippen LogP contribution in [0.5, 0.6) is 0 Å². The van der Waals surface area contributed by atoms with Crippen LogP contribution in [0.4, 0.5) is 15.8 Å². The van der Waals surface area contributed by atoms with Crippen LogP contribution in [0.3, 0.4) is 0 Å². The van der Waals surface area contributed by atoms with Crippen molar-refractivity contribution in [2.24, 2.45) is 5.41 Å². The topological polar surface area (TPSA) is 55.2 Å². The third-order valence-electron chi connectivity index (χ3n) is 2.83. The molecule has 0 saturated carbocycles. The molecule has 0 aliphatic carbocycles. The molecule has 0 bridgehead atoms. The molecule has 1 aromatic carbocycles. The summed E-state index contributed by atoms with van der Waals surface area (Å²) in [7, 11) is 0. The minimum absolute atomic E-state index is 0.0196. The van der Waals surface area contributed by atoms with Crippen molar-refractivity contribution in [3.63, 3.8) is 0 Å². The van der Waals surface area contributed by atoms with E-state index in [1.165, 1.54) is 12.1 Å². The van der Waals surface area contributed by atoms with Crippen molar-refractivity contribution < 1.29 is 9.31 Å². The molecule has 0 radical (unpaired) electrons. The maximum Gasteiger partial charge on any atom is 0.272 e. The van der Waals surface area contributed by atoms with Crippen molar-refractivity contribution >= 4 is 11.4 Å². The molecular formula is C12H17FN2O2. The fourth-order valence-electron chi connectivity index (χ4n) is 1.18. The number of nitro benzene ring substituents is 1. The summed E-state index contributed by atoms with van der Waals surface area (Å²) in [6.45, 7) is 8.05. The fraction of sp³-hybridized carbons (Fsp3) is 0.500. The molecule has 0 amide bonds. The zero-order valence-corrected chi connectivity index (χ0v) is 10.5. The highest BCUT2D eigenvalue weighted by Crippen LogP contribution is 2.26. The molecule has 17 heavy (non-hydrogen) atoms. The highest BCUT2D eigenvalue weighted by atomic mass is 19.1. The molecule has 0 aromatic heterocycles. The molecule has 1 atom stereocenters. The van der Waals surface area contributed by atoms with Gasteiger partial charge in [0.15, 0.2) is 5.82 Å². The molecular weight excluding hydrogens is 223 g/mol. The average molecular weight is 240 g/mol. The summed E-state index contributed by atoms with van der Waals surface area (Å²) in [5.41, 5.74) is 0.0308. The van der Waals surface area contributed by atoms with Crippen molar-refractivity contribution in [1.82, 2.24) is 0 Å². The number of benzene rings is 1. The zero-order chi connectivity index (χ0) is 13.2. The Morgan fingerprint density at radius 1 is 1.41 bits per heavy atom. The second-order valence-corrected chi connectivity index (χ2v) is 5.15. The monoisotopic (exact) mass is 240 g/mol. The molecule has 1 rings (SSSR count). The van der Waals surface area contributed by atoms with Gasteiger partial charge in [-0.05, 0) is 18.4 Å². The number of anilines is 1. The van der Waals surface area contributed by atoms with E-state index in [0.717, 1.165) is 6.07 Å². The first-order valence-electron chi connectivity index (χ1n) is 5.42. The first-order chi connectivity index (χ1) is 7.71. The van der Waals surface area contributed by atoms with Gasteiger partial charge < -0.3 is 5.32 Å². The van der Waals surface area contributed by atoms with Gasteiger partial charge >= 0.3 is 0 Å². The Morgan fingerprint density at radius 2 is 2.00 bits per heavy atom. The van der Waals surface area contributed by atoms with Crippen LogP contribution in [0.15, 0.2) is 18.2 Å². The van der Waals surface area contributed by atoms with E-state index in [0.29, 0.717) is 0 Å². The van der Waals surface area contributed by atoms with Crippen molar-refractivity contribution in [2.75, 3.05) is 5.32 Å². The normalized spacial score (nSPS) is 13.2. The average Bonchev–Trinajstić information content (AvgIpc) is 2.19. The predicted molar refractivity (Wildman–Crippen MR) is 65.6 cm³/mol. The van der Waals surface area contributed by atoms with Crippen LogP contribution in [0, 0.1) is 21.3 Å². The van der Waals surface area contributed by atoms with Gasteiger partial charge in [0, 0.05) is 12.1 Å². The van der Waals surface area contributed by atoms with Crippen molar-refractivity contribution in [3.8, 4) is 0 Å². The molecule has 0 saturated heterocycles. The molecule has 0 fully saturated rings. The first kappa shape index (κ1) is 13.4. The lowest BCUT2D eigenvalue weighted by Crippen LogP contribution is -2.31. The van der Waals surface area contributed by atoms with Gasteiger partial charge in [-0.15, -0.1) is 0 Å². The third kappa shape index (κ3) is 3.41. The van der Waals surface area contributed by atoms with Gasteiger partial charge in [0.25, 0.3) is 5.69 Å². The predicted octanol–water partition coefficient (Wildman–Crippen LogP) is 3.58. The first-order valence-corrected chi connectivity index (χ1v) is 5.42. The van der Waals surface area contributed by atoms with Gasteiger partial charge in [0.05, 0.1) is 16.7 Å². The Hall–Kier alpha value is -1.65. The summed E-state index contributed by atoms with van der Waals surface area (Å²) in [6.07, 6.45) is 0. The lowest BCUT2D eigenvalue weighted by Gasteiger charge is -2.29. The van der Waals surface area contributed by atoms with E-state index in [9.17, 15) is 14.5 Å². The van der Waals surface area contributed by atoms with Crippen molar-refractivity contribution in [2.45, 2.75) is 33.7 Å². The maximum absolute atomic E-state index is 13.6. The second-order valence-electron chi connectivity index (χ2n) is 5.15. The standard InChI is InChI=1S/C12H17FN2O2/c1-8(12(2,3)4)14-11-6-5-9(15(16)17)7-10(11)13/h5-8,14H,1-4H3. The molecule has 0 aliphatic rings. The largest absolute Gasteiger partial charge is 0.380 e. The number of rotatable bonds is 3. The number of halogens is 1. The number of hydrogen-bond donors (Lipinski definition) is 1. The Labute approximate surface area is 100.0 Å². The molecule has 0 aliphatic heterocycles. The molecule has 0 spiro atoms. The number of nitro groups is 1. The van der Waals surface area contributed by atoms with Crippen LogP contribution in [-0.4, -0.2) is 11.0 Å². The SMILES string of the molecule is CC(Nc1ccc([N+](=O)[O-])cc1F)C(C)(C)C. The number of non-ortho nitro benzene ring substituents is 1. The number of nitrogens with zero attached hydrogens (tertiary/aromatic N) is 1. The van der Waals surface area contributed by atoms with Crippen LogP contribution >= 0.6 is 0 Å². The molecule has 1 aromatic rings. The third-order valence-corrected chi connectivity index (χ3v) is 2.83. The highest BCUT2D eigenvalue weighted by Gasteiger charge is 2.21. The lowest BCUT2D eigenvalue weighted by molar-refractivity contribution is -0.385. The Bertz CT molecular complexity index is 427. The fourth-order valence-corrected chi connectivity index (χ4v) is 1.18. The Kier molecular flexibility index (Phi) is 3.70. The van der Waals surface area contributed by atoms with Gasteiger partial charge in [-0.3, -0.25) is 10.1 Å². The highest BCUT2D eigenvalue weighted by molar-refractivity contribution is 5.50. The molecule has 1 unspecified atom stereocenters. The van der Waals surface area contributed by atoms with E-state index in [1.807, 2.05) is 27.7 Å². The van der Waals surface area contributed by atoms with Gasteiger partial charge in [-0.25, -0.2) is 4.39 Å². The Morgan fingerprint density at radius 3 is 2.41 bits per heavy atom. The van der Waals surface area contributed by atoms with Gasteiger partial charge in [-0.1, -0.05) is 20.8 Å². The van der Waals surface area contributed by atoms with E-state index >= 15 is 0 Å². The van der Waals surface area contributed by atoms with Crippen LogP contribution in [0.1, 0.15) is 27.7 Å². The van der Waals surface area contributed by atoms with Gasteiger partial charge in [0.1, 0.15) is 0 Å². The minimum atomic E-state index is -0.611. The summed E-state index contributed by atoms with van der Waals surface area (Å²) < 4.78 is 13.6. The maximum atomic E-state index is 13.6. The molecule has 94 valence electrons. The van der Waals surface area contributed by atoms with Crippen LogP contribution in [0.2, 0.25) is 0 Å². The lowest BCUT2D eigenvalue weighted by atomic mass is 9.88. The summed E-state index contributed by atoms with van der Waals surface area (Å²) in [6, 6.07) is 3.67. The number of nitrogens with one attached hydrogen (secondary N) is 1. The van der Waals surface area contributed by atoms with E-state index in [2.05, 4.69) is 5.32 Å². The van der Waals surface area contributed by atoms with Crippen molar-refractivity contribution in [3.05, 3.63) is 34.1 Å².